The lowest BCUT2D eigenvalue weighted by Crippen LogP contribution is -2.22. The Kier molecular flexibility index (Phi) is 4.04. The van der Waals surface area contributed by atoms with E-state index >= 15 is 0 Å². The first-order valence-corrected chi connectivity index (χ1v) is 7.35. The van der Waals surface area contributed by atoms with Crippen LogP contribution in [0.3, 0.4) is 0 Å². The van der Waals surface area contributed by atoms with Gasteiger partial charge in [0, 0.05) is 42.6 Å². The molecule has 0 saturated heterocycles. The molecule has 0 saturated carbocycles. The normalized spacial score (nSPS) is 10.6. The van der Waals surface area contributed by atoms with Gasteiger partial charge in [-0.3, -0.25) is 9.59 Å². The van der Waals surface area contributed by atoms with Crippen molar-refractivity contribution >= 4 is 34.0 Å². The molecule has 122 valence electrons. The van der Waals surface area contributed by atoms with E-state index in [0.29, 0.717) is 16.6 Å². The predicted molar refractivity (Wildman–Crippen MR) is 92.0 cm³/mol. The third-order valence-electron chi connectivity index (χ3n) is 3.74. The summed E-state index contributed by atoms with van der Waals surface area (Å²) in [5.41, 5.74) is 2.24. The minimum Gasteiger partial charge on any atom is -0.378 e. The number of anilines is 2. The standard InChI is InChI=1S/C18H16FN3O2/c1-22(2)13-6-4-12(5-7-13)21-18(24)17(23)15-10-20-16-8-3-11(19)9-14(15)16/h3-10,20H,1-2H3,(H,21,24). The Morgan fingerprint density at radius 3 is 2.46 bits per heavy atom. The van der Waals surface area contributed by atoms with Gasteiger partial charge in [-0.05, 0) is 42.5 Å². The molecule has 2 aromatic carbocycles. The van der Waals surface area contributed by atoms with Gasteiger partial charge in [0.25, 0.3) is 11.7 Å². The van der Waals surface area contributed by atoms with Crippen LogP contribution in [0.15, 0.2) is 48.7 Å². The zero-order valence-corrected chi connectivity index (χ0v) is 13.3. The SMILES string of the molecule is CN(C)c1ccc(NC(=O)C(=O)c2c[nH]c3ccc(F)cc23)cc1. The first-order valence-electron chi connectivity index (χ1n) is 7.35. The smallest absolute Gasteiger partial charge is 0.296 e. The number of aromatic nitrogens is 1. The zero-order valence-electron chi connectivity index (χ0n) is 13.3. The van der Waals surface area contributed by atoms with Crippen LogP contribution in [0.4, 0.5) is 15.8 Å². The summed E-state index contributed by atoms with van der Waals surface area (Å²) in [6.45, 7) is 0. The van der Waals surface area contributed by atoms with E-state index in [9.17, 15) is 14.0 Å². The van der Waals surface area contributed by atoms with E-state index < -0.39 is 17.5 Å². The van der Waals surface area contributed by atoms with Gasteiger partial charge in [-0.25, -0.2) is 4.39 Å². The lowest BCUT2D eigenvalue weighted by atomic mass is 10.1. The third-order valence-corrected chi connectivity index (χ3v) is 3.74. The van der Waals surface area contributed by atoms with Crippen molar-refractivity contribution in [1.29, 1.82) is 0 Å². The second-order valence-electron chi connectivity index (χ2n) is 5.62. The van der Waals surface area contributed by atoms with Crippen LogP contribution in [0.1, 0.15) is 10.4 Å². The molecule has 1 amide bonds. The Bertz CT molecular complexity index is 914. The lowest BCUT2D eigenvalue weighted by molar-refractivity contribution is -0.112. The second-order valence-corrected chi connectivity index (χ2v) is 5.62. The quantitative estimate of drug-likeness (QED) is 0.572. The number of nitrogens with one attached hydrogen (secondary N) is 2. The number of carbonyl (C=O) groups is 2. The number of halogens is 1. The number of fused-ring (bicyclic) bond motifs is 1. The number of aromatic amines is 1. The van der Waals surface area contributed by atoms with E-state index in [-0.39, 0.29) is 5.56 Å². The Balaban J connectivity index is 1.81. The van der Waals surface area contributed by atoms with Crippen LogP contribution >= 0.6 is 0 Å². The van der Waals surface area contributed by atoms with Crippen LogP contribution in [-0.2, 0) is 4.79 Å². The van der Waals surface area contributed by atoms with Gasteiger partial charge in [0.2, 0.25) is 0 Å². The molecule has 0 aliphatic carbocycles. The summed E-state index contributed by atoms with van der Waals surface area (Å²) in [6, 6.07) is 11.2. The molecule has 0 atom stereocenters. The maximum absolute atomic E-state index is 13.4. The molecule has 3 aromatic rings. The van der Waals surface area contributed by atoms with Crippen LogP contribution in [-0.4, -0.2) is 30.8 Å². The van der Waals surface area contributed by atoms with Crippen LogP contribution in [0, 0.1) is 5.82 Å². The fourth-order valence-electron chi connectivity index (χ4n) is 2.43. The minimum absolute atomic E-state index is 0.145. The maximum Gasteiger partial charge on any atom is 0.296 e. The number of H-pyrrole nitrogens is 1. The fraction of sp³-hybridized carbons (Fsp3) is 0.111. The van der Waals surface area contributed by atoms with Crippen molar-refractivity contribution in [3.05, 3.63) is 60.0 Å². The Labute approximate surface area is 138 Å². The Morgan fingerprint density at radius 2 is 1.79 bits per heavy atom. The van der Waals surface area contributed by atoms with Gasteiger partial charge < -0.3 is 15.2 Å². The molecule has 0 radical (unpaired) electrons. The molecule has 3 rings (SSSR count). The van der Waals surface area contributed by atoms with E-state index in [0.717, 1.165) is 5.69 Å². The van der Waals surface area contributed by atoms with Gasteiger partial charge in [-0.1, -0.05) is 0 Å². The highest BCUT2D eigenvalue weighted by Gasteiger charge is 2.20. The molecule has 0 bridgehead atoms. The number of amides is 1. The highest BCUT2D eigenvalue weighted by atomic mass is 19.1. The van der Waals surface area contributed by atoms with E-state index in [2.05, 4.69) is 10.3 Å². The summed E-state index contributed by atoms with van der Waals surface area (Å²) in [7, 11) is 3.82. The number of hydrogen-bond donors (Lipinski definition) is 2. The molecule has 0 aliphatic heterocycles. The fourth-order valence-corrected chi connectivity index (χ4v) is 2.43. The molecular weight excluding hydrogens is 309 g/mol. The van der Waals surface area contributed by atoms with Crippen molar-refractivity contribution in [3.63, 3.8) is 0 Å². The summed E-state index contributed by atoms with van der Waals surface area (Å²) >= 11 is 0. The lowest BCUT2D eigenvalue weighted by Gasteiger charge is -2.12. The molecule has 0 unspecified atom stereocenters. The van der Waals surface area contributed by atoms with Gasteiger partial charge in [0.05, 0.1) is 5.56 Å². The average Bonchev–Trinajstić information content (AvgIpc) is 2.97. The number of benzene rings is 2. The first kappa shape index (κ1) is 15.7. The molecule has 0 spiro atoms. The highest BCUT2D eigenvalue weighted by molar-refractivity contribution is 6.48. The molecule has 6 heteroatoms. The predicted octanol–water partition coefficient (Wildman–Crippen LogP) is 3.19. The number of carbonyl (C=O) groups excluding carboxylic acids is 2. The van der Waals surface area contributed by atoms with E-state index in [4.69, 9.17) is 0 Å². The van der Waals surface area contributed by atoms with E-state index in [1.54, 1.807) is 12.1 Å². The van der Waals surface area contributed by atoms with Crippen molar-refractivity contribution in [2.75, 3.05) is 24.3 Å². The topological polar surface area (TPSA) is 65.2 Å². The van der Waals surface area contributed by atoms with Gasteiger partial charge >= 0.3 is 0 Å². The van der Waals surface area contributed by atoms with Gasteiger partial charge in [0.1, 0.15) is 5.82 Å². The van der Waals surface area contributed by atoms with Gasteiger partial charge in [-0.15, -0.1) is 0 Å². The summed E-state index contributed by atoms with van der Waals surface area (Å²) < 4.78 is 13.4. The summed E-state index contributed by atoms with van der Waals surface area (Å²) in [5.74, 6) is -1.95. The van der Waals surface area contributed by atoms with Crippen LogP contribution in [0.2, 0.25) is 0 Å². The number of ketones is 1. The van der Waals surface area contributed by atoms with Gasteiger partial charge in [-0.2, -0.15) is 0 Å². The molecule has 0 aliphatic rings. The zero-order chi connectivity index (χ0) is 17.3. The number of nitrogens with zero attached hydrogens (tertiary/aromatic N) is 1. The number of rotatable bonds is 4. The van der Waals surface area contributed by atoms with Crippen molar-refractivity contribution in [2.45, 2.75) is 0 Å². The number of hydrogen-bond acceptors (Lipinski definition) is 3. The highest BCUT2D eigenvalue weighted by Crippen LogP contribution is 2.21. The molecular formula is C18H16FN3O2. The van der Waals surface area contributed by atoms with Crippen LogP contribution in [0.5, 0.6) is 0 Å². The van der Waals surface area contributed by atoms with E-state index in [1.807, 2.05) is 31.1 Å². The first-order chi connectivity index (χ1) is 11.5. The van der Waals surface area contributed by atoms with Crippen molar-refractivity contribution in [1.82, 2.24) is 4.98 Å². The second kappa shape index (κ2) is 6.16. The summed E-state index contributed by atoms with van der Waals surface area (Å²) in [6.07, 6.45) is 1.42. The average molecular weight is 325 g/mol. The molecule has 1 heterocycles. The Hall–Kier alpha value is -3.15. The van der Waals surface area contributed by atoms with Crippen molar-refractivity contribution < 1.29 is 14.0 Å². The number of Topliss-reactive ketones (excluding diaryl/α,β-unsaturated/α-hetero) is 1. The molecule has 1 aromatic heterocycles. The maximum atomic E-state index is 13.4. The van der Waals surface area contributed by atoms with Crippen LogP contribution < -0.4 is 10.2 Å². The van der Waals surface area contributed by atoms with E-state index in [1.165, 1.54) is 24.4 Å². The Morgan fingerprint density at radius 1 is 1.08 bits per heavy atom. The third kappa shape index (κ3) is 2.99. The van der Waals surface area contributed by atoms with Crippen molar-refractivity contribution in [2.24, 2.45) is 0 Å². The molecule has 2 N–H and O–H groups in total. The van der Waals surface area contributed by atoms with Crippen molar-refractivity contribution in [3.8, 4) is 0 Å². The molecule has 0 fully saturated rings. The molecule has 5 nitrogen and oxygen atoms in total. The minimum atomic E-state index is -0.766. The largest absolute Gasteiger partial charge is 0.378 e. The monoisotopic (exact) mass is 325 g/mol. The summed E-state index contributed by atoms with van der Waals surface area (Å²) in [5, 5.41) is 2.95. The van der Waals surface area contributed by atoms with Crippen LogP contribution in [0.25, 0.3) is 10.9 Å². The molecule has 24 heavy (non-hydrogen) atoms. The van der Waals surface area contributed by atoms with Gasteiger partial charge in [0.15, 0.2) is 0 Å². The summed E-state index contributed by atoms with van der Waals surface area (Å²) in [4.78, 5) is 29.3.